The van der Waals surface area contributed by atoms with Crippen molar-refractivity contribution < 1.29 is 0 Å². The molecule has 0 aliphatic carbocycles. The van der Waals surface area contributed by atoms with E-state index in [9.17, 15) is 0 Å². The van der Waals surface area contributed by atoms with Crippen molar-refractivity contribution >= 4 is 34.0 Å². The van der Waals surface area contributed by atoms with Crippen LogP contribution in [0.3, 0.4) is 0 Å². The maximum absolute atomic E-state index is 9.03. The predicted octanol–water partition coefficient (Wildman–Crippen LogP) is 4.26. The minimum atomic E-state index is -0.196. The predicted molar refractivity (Wildman–Crippen MR) is 77.9 cm³/mol. The summed E-state index contributed by atoms with van der Waals surface area (Å²) in [4.78, 5) is 4.57. The highest BCUT2D eigenvalue weighted by molar-refractivity contribution is 7.08. The quantitative estimate of drug-likeness (QED) is 0.661. The van der Waals surface area contributed by atoms with Gasteiger partial charge in [0.2, 0.25) is 0 Å². The second-order valence-corrected chi connectivity index (χ2v) is 5.65. The van der Waals surface area contributed by atoms with Gasteiger partial charge in [-0.05, 0) is 36.6 Å². The molecule has 2 aromatic heterocycles. The Kier molecular flexibility index (Phi) is 3.02. The summed E-state index contributed by atoms with van der Waals surface area (Å²) in [6.07, 6.45) is 0. The monoisotopic (exact) mass is 287 g/mol. The van der Waals surface area contributed by atoms with E-state index >= 15 is 0 Å². The van der Waals surface area contributed by atoms with Gasteiger partial charge in [0.1, 0.15) is 5.82 Å². The van der Waals surface area contributed by atoms with Crippen LogP contribution in [0.4, 0.5) is 0 Å². The van der Waals surface area contributed by atoms with E-state index in [0.717, 1.165) is 22.5 Å². The minimum absolute atomic E-state index is 0.196. The molecule has 3 nitrogen and oxygen atoms in total. The van der Waals surface area contributed by atoms with Crippen LogP contribution in [0.5, 0.6) is 0 Å². The number of imidazole rings is 1. The topological polar surface area (TPSA) is 41.6 Å². The normalized spacial score (nSPS) is 12.5. The molecule has 0 radical (unpaired) electrons. The molecule has 0 aliphatic rings. The molecule has 3 aromatic rings. The smallest absolute Gasteiger partial charge is 0.132 e. The van der Waals surface area contributed by atoms with Gasteiger partial charge in [-0.2, -0.15) is 16.6 Å². The van der Waals surface area contributed by atoms with Crippen LogP contribution in [0, 0.1) is 11.3 Å². The lowest BCUT2D eigenvalue weighted by molar-refractivity contribution is 0.885. The third kappa shape index (κ3) is 2.01. The van der Waals surface area contributed by atoms with Crippen LogP contribution in [0.25, 0.3) is 16.7 Å². The minimum Gasteiger partial charge on any atom is -0.294 e. The molecule has 1 atom stereocenters. The van der Waals surface area contributed by atoms with E-state index < -0.39 is 0 Å². The summed E-state index contributed by atoms with van der Waals surface area (Å²) < 4.78 is 2.02. The Morgan fingerprint density at radius 2 is 2.26 bits per heavy atom. The Bertz CT molecular complexity index is 766. The molecule has 94 valence electrons. The van der Waals surface area contributed by atoms with Crippen molar-refractivity contribution in [2.24, 2.45) is 0 Å². The number of alkyl halides is 1. The van der Waals surface area contributed by atoms with E-state index in [1.807, 2.05) is 40.5 Å². The lowest BCUT2D eigenvalue weighted by Crippen LogP contribution is -2.00. The molecule has 0 bridgehead atoms. The molecule has 1 unspecified atom stereocenters. The van der Waals surface area contributed by atoms with Crippen molar-refractivity contribution in [3.8, 4) is 11.8 Å². The average Bonchev–Trinajstić information content (AvgIpc) is 3.04. The summed E-state index contributed by atoms with van der Waals surface area (Å²) in [6.45, 7) is 1.90. The molecule has 2 heterocycles. The van der Waals surface area contributed by atoms with Gasteiger partial charge in [0, 0.05) is 5.38 Å². The highest BCUT2D eigenvalue weighted by atomic mass is 35.5. The first-order chi connectivity index (χ1) is 9.20. The molecule has 0 saturated heterocycles. The van der Waals surface area contributed by atoms with E-state index in [2.05, 4.69) is 11.1 Å². The summed E-state index contributed by atoms with van der Waals surface area (Å²) in [5.41, 5.74) is 3.43. The number of nitriles is 1. The summed E-state index contributed by atoms with van der Waals surface area (Å²) in [5.74, 6) is 0.796. The summed E-state index contributed by atoms with van der Waals surface area (Å²) >= 11 is 7.85. The molecular formula is C14H10ClN3S. The fourth-order valence-corrected chi connectivity index (χ4v) is 2.85. The molecule has 0 N–H and O–H groups in total. The zero-order valence-electron chi connectivity index (χ0n) is 10.2. The van der Waals surface area contributed by atoms with Gasteiger partial charge < -0.3 is 0 Å². The number of thiophene rings is 1. The Morgan fingerprint density at radius 1 is 1.42 bits per heavy atom. The standard InChI is InChI=1S/C14H10ClN3S/c1-9(15)14-17-12-3-2-10(7-16)6-13(12)18(14)11-4-5-19-8-11/h2-6,8-9H,1H3. The van der Waals surface area contributed by atoms with Gasteiger partial charge in [0.05, 0.1) is 33.7 Å². The number of nitrogens with zero attached hydrogens (tertiary/aromatic N) is 3. The van der Waals surface area contributed by atoms with E-state index in [1.54, 1.807) is 17.4 Å². The number of benzene rings is 1. The van der Waals surface area contributed by atoms with E-state index in [1.165, 1.54) is 0 Å². The van der Waals surface area contributed by atoms with E-state index in [-0.39, 0.29) is 5.38 Å². The lowest BCUT2D eigenvalue weighted by Gasteiger charge is -2.08. The van der Waals surface area contributed by atoms with E-state index in [0.29, 0.717) is 5.56 Å². The zero-order valence-corrected chi connectivity index (χ0v) is 11.7. The Morgan fingerprint density at radius 3 is 2.89 bits per heavy atom. The van der Waals surface area contributed by atoms with Crippen molar-refractivity contribution in [1.82, 2.24) is 9.55 Å². The van der Waals surface area contributed by atoms with Gasteiger partial charge in [-0.15, -0.1) is 11.6 Å². The maximum Gasteiger partial charge on any atom is 0.132 e. The summed E-state index contributed by atoms with van der Waals surface area (Å²) in [6, 6.07) is 9.66. The summed E-state index contributed by atoms with van der Waals surface area (Å²) in [5, 5.41) is 12.9. The fourth-order valence-electron chi connectivity index (χ4n) is 2.09. The largest absolute Gasteiger partial charge is 0.294 e. The molecule has 3 rings (SSSR count). The number of hydrogen-bond donors (Lipinski definition) is 0. The average molecular weight is 288 g/mol. The fraction of sp³-hybridized carbons (Fsp3) is 0.143. The Balaban J connectivity index is 2.37. The highest BCUT2D eigenvalue weighted by Crippen LogP contribution is 2.29. The second-order valence-electron chi connectivity index (χ2n) is 4.22. The van der Waals surface area contributed by atoms with Crippen LogP contribution in [0.1, 0.15) is 23.7 Å². The van der Waals surface area contributed by atoms with Crippen LogP contribution in [0.15, 0.2) is 35.0 Å². The first-order valence-electron chi connectivity index (χ1n) is 5.80. The molecule has 0 amide bonds. The maximum atomic E-state index is 9.03. The molecule has 0 aliphatic heterocycles. The Hall–Kier alpha value is -1.83. The third-order valence-electron chi connectivity index (χ3n) is 2.93. The van der Waals surface area contributed by atoms with E-state index in [4.69, 9.17) is 16.9 Å². The van der Waals surface area contributed by atoms with Crippen LogP contribution in [0.2, 0.25) is 0 Å². The number of rotatable bonds is 2. The Labute approximate surface area is 119 Å². The van der Waals surface area contributed by atoms with Crippen molar-refractivity contribution in [3.05, 3.63) is 46.4 Å². The van der Waals surface area contributed by atoms with Crippen molar-refractivity contribution in [1.29, 1.82) is 5.26 Å². The van der Waals surface area contributed by atoms with Gasteiger partial charge in [0.25, 0.3) is 0 Å². The molecule has 0 saturated carbocycles. The number of fused-ring (bicyclic) bond motifs is 1. The number of halogens is 1. The second kappa shape index (κ2) is 4.69. The highest BCUT2D eigenvalue weighted by Gasteiger charge is 2.16. The van der Waals surface area contributed by atoms with Crippen molar-refractivity contribution in [3.63, 3.8) is 0 Å². The summed E-state index contributed by atoms with van der Waals surface area (Å²) in [7, 11) is 0. The zero-order chi connectivity index (χ0) is 13.4. The van der Waals surface area contributed by atoms with Crippen LogP contribution in [-0.4, -0.2) is 9.55 Å². The van der Waals surface area contributed by atoms with Crippen molar-refractivity contribution in [2.45, 2.75) is 12.3 Å². The van der Waals surface area contributed by atoms with Crippen LogP contribution >= 0.6 is 22.9 Å². The first-order valence-corrected chi connectivity index (χ1v) is 7.18. The third-order valence-corrected chi connectivity index (χ3v) is 3.80. The van der Waals surface area contributed by atoms with Crippen molar-refractivity contribution in [2.75, 3.05) is 0 Å². The van der Waals surface area contributed by atoms with Gasteiger partial charge >= 0.3 is 0 Å². The lowest BCUT2D eigenvalue weighted by atomic mass is 10.2. The van der Waals surface area contributed by atoms with Gasteiger partial charge in [-0.3, -0.25) is 4.57 Å². The SMILES string of the molecule is CC(Cl)c1nc2ccc(C#N)cc2n1-c1ccsc1. The number of aromatic nitrogens is 2. The van der Waals surface area contributed by atoms with Crippen LogP contribution < -0.4 is 0 Å². The van der Waals surface area contributed by atoms with Crippen LogP contribution in [-0.2, 0) is 0 Å². The molecule has 19 heavy (non-hydrogen) atoms. The molecule has 1 aromatic carbocycles. The molecule has 0 spiro atoms. The van der Waals surface area contributed by atoms with Gasteiger partial charge in [0.15, 0.2) is 0 Å². The van der Waals surface area contributed by atoms with Gasteiger partial charge in [-0.1, -0.05) is 0 Å². The molecule has 0 fully saturated rings. The number of hydrogen-bond acceptors (Lipinski definition) is 3. The molecule has 5 heteroatoms. The van der Waals surface area contributed by atoms with Gasteiger partial charge in [-0.25, -0.2) is 4.98 Å². The first kappa shape index (κ1) is 12.2. The molecular weight excluding hydrogens is 278 g/mol.